The van der Waals surface area contributed by atoms with Crippen LogP contribution in [-0.4, -0.2) is 38.7 Å². The van der Waals surface area contributed by atoms with E-state index in [2.05, 4.69) is 41.3 Å². The molecule has 5 aromatic rings. The van der Waals surface area contributed by atoms with Crippen molar-refractivity contribution < 1.29 is 10.2 Å². The second kappa shape index (κ2) is 11.0. The van der Waals surface area contributed by atoms with Crippen LogP contribution in [0.5, 0.6) is 11.6 Å². The Morgan fingerprint density at radius 2 is 1.39 bits per heavy atom. The Kier molecular flexibility index (Phi) is 7.22. The number of nitrogens with zero attached hydrogens (tertiary/aromatic N) is 4. The Bertz CT molecular complexity index is 1580. The zero-order chi connectivity index (χ0) is 26.5. The van der Waals surface area contributed by atoms with Crippen LogP contribution in [0, 0.1) is 0 Å². The molecule has 0 bridgehead atoms. The van der Waals surface area contributed by atoms with E-state index in [0.29, 0.717) is 24.2 Å². The van der Waals surface area contributed by atoms with Crippen LogP contribution in [0.15, 0.2) is 97.2 Å². The molecule has 0 saturated heterocycles. The van der Waals surface area contributed by atoms with Gasteiger partial charge in [0.15, 0.2) is 5.65 Å². The van der Waals surface area contributed by atoms with Gasteiger partial charge in [-0.2, -0.15) is 0 Å². The number of allylic oxidation sites excluding steroid dienone is 2. The molecule has 6 heteroatoms. The van der Waals surface area contributed by atoms with Crippen LogP contribution in [0.4, 0.5) is 5.69 Å². The molecular weight excluding hydrogens is 472 g/mol. The summed E-state index contributed by atoms with van der Waals surface area (Å²) in [6.07, 6.45) is 10.8. The summed E-state index contributed by atoms with van der Waals surface area (Å²) in [5.74, 6) is 0.300. The third-order valence-corrected chi connectivity index (χ3v) is 6.34. The highest BCUT2D eigenvalue weighted by Gasteiger charge is 2.17. The minimum atomic E-state index is 0.0935. The van der Waals surface area contributed by atoms with E-state index in [4.69, 9.17) is 9.97 Å². The number of phenolic OH excluding ortho intramolecular Hbond substituents is 1. The number of aromatic nitrogens is 3. The predicted octanol–water partition coefficient (Wildman–Crippen LogP) is 6.11. The number of hydrogen-bond acceptors (Lipinski definition) is 5. The predicted molar refractivity (Wildman–Crippen MR) is 154 cm³/mol. The quantitative estimate of drug-likeness (QED) is 0.250. The molecule has 0 saturated carbocycles. The molecule has 0 amide bonds. The van der Waals surface area contributed by atoms with E-state index >= 15 is 0 Å². The fraction of sp³-hybridized carbons (Fsp3) is 0.125. The van der Waals surface area contributed by atoms with Crippen LogP contribution in [0.2, 0.25) is 0 Å². The van der Waals surface area contributed by atoms with E-state index in [0.717, 1.165) is 33.8 Å². The standard InChI is InChI=1S/C32H30N4O2/c1-35(2)27-16-12-23(13-17-27)8-6-7-11-26-22-36-31(29(33-26)20-24-9-4-3-5-10-24)34-30(32(36)38)21-25-14-18-28(37)19-15-25/h3-19,22,37-38H,20-21H2,1-2H3/b8-6+,11-7+. The SMILES string of the molecule is CN(C)c1ccc(/C=C/C=C/c2cn3c(O)c(Cc4ccc(O)cc4)nc3c(Cc3ccccc3)n2)cc1. The molecule has 190 valence electrons. The van der Waals surface area contributed by atoms with Crippen LogP contribution in [0.1, 0.15) is 33.8 Å². The van der Waals surface area contributed by atoms with Crippen molar-refractivity contribution in [1.29, 1.82) is 0 Å². The number of fused-ring (bicyclic) bond motifs is 1. The largest absolute Gasteiger partial charge is 0.508 e. The first kappa shape index (κ1) is 24.8. The van der Waals surface area contributed by atoms with Crippen molar-refractivity contribution in [2.45, 2.75) is 12.8 Å². The van der Waals surface area contributed by atoms with Crippen LogP contribution < -0.4 is 4.90 Å². The highest BCUT2D eigenvalue weighted by Crippen LogP contribution is 2.26. The van der Waals surface area contributed by atoms with E-state index in [1.165, 1.54) is 0 Å². The molecule has 0 spiro atoms. The lowest BCUT2D eigenvalue weighted by Gasteiger charge is -2.11. The molecule has 38 heavy (non-hydrogen) atoms. The monoisotopic (exact) mass is 502 g/mol. The molecule has 2 N–H and O–H groups in total. The van der Waals surface area contributed by atoms with Crippen LogP contribution in [-0.2, 0) is 12.8 Å². The lowest BCUT2D eigenvalue weighted by molar-refractivity contribution is 0.442. The van der Waals surface area contributed by atoms with Crippen molar-refractivity contribution in [3.8, 4) is 11.6 Å². The molecule has 5 rings (SSSR count). The van der Waals surface area contributed by atoms with Gasteiger partial charge in [0, 0.05) is 38.8 Å². The molecule has 0 radical (unpaired) electrons. The molecule has 6 nitrogen and oxygen atoms in total. The van der Waals surface area contributed by atoms with Gasteiger partial charge in [-0.05, 0) is 47.0 Å². The number of anilines is 1. The van der Waals surface area contributed by atoms with Gasteiger partial charge in [-0.25, -0.2) is 9.97 Å². The Morgan fingerprint density at radius 3 is 2.11 bits per heavy atom. The summed E-state index contributed by atoms with van der Waals surface area (Å²) >= 11 is 0. The number of benzene rings is 3. The van der Waals surface area contributed by atoms with Crippen LogP contribution in [0.3, 0.4) is 0 Å². The Balaban J connectivity index is 1.46. The van der Waals surface area contributed by atoms with E-state index in [-0.39, 0.29) is 11.6 Å². The van der Waals surface area contributed by atoms with Gasteiger partial charge in [0.25, 0.3) is 0 Å². The average molecular weight is 503 g/mol. The molecule has 0 aliphatic rings. The first-order valence-corrected chi connectivity index (χ1v) is 12.5. The van der Waals surface area contributed by atoms with E-state index in [9.17, 15) is 10.2 Å². The molecule has 2 aromatic heterocycles. The molecule has 0 fully saturated rings. The third kappa shape index (κ3) is 5.76. The minimum Gasteiger partial charge on any atom is -0.508 e. The summed E-state index contributed by atoms with van der Waals surface area (Å²) in [6.45, 7) is 0. The normalized spacial score (nSPS) is 11.6. The number of rotatable bonds is 8. The van der Waals surface area contributed by atoms with Crippen molar-refractivity contribution in [2.75, 3.05) is 19.0 Å². The van der Waals surface area contributed by atoms with Crippen molar-refractivity contribution >= 4 is 23.5 Å². The Hall–Kier alpha value is -4.84. The summed E-state index contributed by atoms with van der Waals surface area (Å²) in [4.78, 5) is 11.7. The third-order valence-electron chi connectivity index (χ3n) is 6.34. The van der Waals surface area contributed by atoms with Gasteiger partial charge in [0.05, 0.1) is 11.4 Å². The maximum Gasteiger partial charge on any atom is 0.219 e. The Labute approximate surface area is 222 Å². The van der Waals surface area contributed by atoms with Crippen LogP contribution in [0.25, 0.3) is 17.8 Å². The maximum atomic E-state index is 11.1. The summed E-state index contributed by atoms with van der Waals surface area (Å²) in [5.41, 5.74) is 7.04. The second-order valence-corrected chi connectivity index (χ2v) is 9.40. The molecule has 0 atom stereocenters. The number of imidazole rings is 1. The number of aromatic hydroxyl groups is 2. The van der Waals surface area contributed by atoms with Crippen molar-refractivity contribution in [3.05, 3.63) is 131 Å². The molecule has 3 aromatic carbocycles. The van der Waals surface area contributed by atoms with Crippen LogP contribution >= 0.6 is 0 Å². The van der Waals surface area contributed by atoms with Gasteiger partial charge in [0.1, 0.15) is 11.4 Å². The molecule has 2 heterocycles. The highest BCUT2D eigenvalue weighted by molar-refractivity contribution is 5.60. The molecule has 0 aliphatic heterocycles. The van der Waals surface area contributed by atoms with Crippen molar-refractivity contribution in [3.63, 3.8) is 0 Å². The maximum absolute atomic E-state index is 11.1. The lowest BCUT2D eigenvalue weighted by atomic mass is 10.1. The smallest absolute Gasteiger partial charge is 0.219 e. The van der Waals surface area contributed by atoms with Gasteiger partial charge < -0.3 is 15.1 Å². The summed E-state index contributed by atoms with van der Waals surface area (Å²) < 4.78 is 1.71. The highest BCUT2D eigenvalue weighted by atomic mass is 16.3. The summed E-state index contributed by atoms with van der Waals surface area (Å²) in [5, 5.41) is 20.7. The van der Waals surface area contributed by atoms with Crippen molar-refractivity contribution in [1.82, 2.24) is 14.4 Å². The average Bonchev–Trinajstić information content (AvgIpc) is 3.24. The minimum absolute atomic E-state index is 0.0935. The zero-order valence-corrected chi connectivity index (χ0v) is 21.5. The topological polar surface area (TPSA) is 73.9 Å². The van der Waals surface area contributed by atoms with Gasteiger partial charge in [-0.3, -0.25) is 4.40 Å². The number of phenols is 1. The lowest BCUT2D eigenvalue weighted by Crippen LogP contribution is -2.07. The Morgan fingerprint density at radius 1 is 0.737 bits per heavy atom. The van der Waals surface area contributed by atoms with Gasteiger partial charge in [0.2, 0.25) is 5.88 Å². The fourth-order valence-corrected chi connectivity index (χ4v) is 4.28. The fourth-order valence-electron chi connectivity index (χ4n) is 4.28. The van der Waals surface area contributed by atoms with Gasteiger partial charge in [-0.1, -0.05) is 72.8 Å². The first-order chi connectivity index (χ1) is 18.5. The van der Waals surface area contributed by atoms with E-state index in [1.807, 2.05) is 74.9 Å². The van der Waals surface area contributed by atoms with E-state index in [1.54, 1.807) is 16.5 Å². The second-order valence-electron chi connectivity index (χ2n) is 9.40. The number of hydrogen-bond donors (Lipinski definition) is 2. The van der Waals surface area contributed by atoms with Crippen molar-refractivity contribution in [2.24, 2.45) is 0 Å². The van der Waals surface area contributed by atoms with Gasteiger partial charge >= 0.3 is 0 Å². The van der Waals surface area contributed by atoms with E-state index < -0.39 is 0 Å². The van der Waals surface area contributed by atoms with Gasteiger partial charge in [-0.15, -0.1) is 0 Å². The molecular formula is C32H30N4O2. The summed E-state index contributed by atoms with van der Waals surface area (Å²) in [7, 11) is 4.05. The first-order valence-electron chi connectivity index (χ1n) is 12.5. The zero-order valence-electron chi connectivity index (χ0n) is 21.5. The molecule has 0 unspecified atom stereocenters. The molecule has 0 aliphatic carbocycles. The summed E-state index contributed by atoms with van der Waals surface area (Å²) in [6, 6.07) is 25.4.